The smallest absolute Gasteiger partial charge is 0.251 e. The highest BCUT2D eigenvalue weighted by Crippen LogP contribution is 2.29. The summed E-state index contributed by atoms with van der Waals surface area (Å²) >= 11 is 11.8. The summed E-state index contributed by atoms with van der Waals surface area (Å²) in [4.78, 5) is 12.2. The highest BCUT2D eigenvalue weighted by atomic mass is 35.5. The van der Waals surface area contributed by atoms with Crippen LogP contribution in [0.5, 0.6) is 0 Å². The molecule has 0 bridgehead atoms. The van der Waals surface area contributed by atoms with Gasteiger partial charge in [0.2, 0.25) is 0 Å². The largest absolute Gasteiger partial charge is 0.396 e. The zero-order valence-corrected chi connectivity index (χ0v) is 12.4. The number of nitrogens with one attached hydrogen (secondary N) is 1. The number of amides is 1. The maximum Gasteiger partial charge on any atom is 0.251 e. The van der Waals surface area contributed by atoms with Crippen molar-refractivity contribution in [3.63, 3.8) is 0 Å². The number of carbonyl (C=O) groups excluding carboxylic acids is 1. The van der Waals surface area contributed by atoms with Gasteiger partial charge < -0.3 is 15.6 Å². The van der Waals surface area contributed by atoms with E-state index in [1.807, 2.05) is 6.92 Å². The minimum absolute atomic E-state index is 0.244. The number of hydrogen-bond acceptors (Lipinski definition) is 4. The van der Waals surface area contributed by atoms with Gasteiger partial charge in [0.25, 0.3) is 5.91 Å². The first-order chi connectivity index (χ1) is 9.40. The Morgan fingerprint density at radius 1 is 1.40 bits per heavy atom. The number of benzene rings is 1. The van der Waals surface area contributed by atoms with E-state index in [0.717, 1.165) is 0 Å². The molecule has 0 aliphatic rings. The molecule has 1 amide bonds. The highest BCUT2D eigenvalue weighted by molar-refractivity contribution is 6.39. The number of rotatable bonds is 3. The molecule has 0 saturated heterocycles. The van der Waals surface area contributed by atoms with E-state index < -0.39 is 0 Å². The molecule has 8 heteroatoms. The van der Waals surface area contributed by atoms with Crippen LogP contribution in [0.15, 0.2) is 18.5 Å². The summed E-state index contributed by atoms with van der Waals surface area (Å²) in [6.07, 6.45) is 1.56. The number of halogens is 2. The summed E-state index contributed by atoms with van der Waals surface area (Å²) in [5.74, 6) is 0.329. The van der Waals surface area contributed by atoms with Crippen molar-refractivity contribution in [2.45, 2.75) is 13.0 Å². The maximum atomic E-state index is 12.2. The Bertz CT molecular complexity index is 632. The molecule has 0 aliphatic heterocycles. The first-order valence-corrected chi connectivity index (χ1v) is 6.55. The van der Waals surface area contributed by atoms with E-state index >= 15 is 0 Å². The summed E-state index contributed by atoms with van der Waals surface area (Å²) in [5.41, 5.74) is 6.22. The van der Waals surface area contributed by atoms with Gasteiger partial charge in [-0.3, -0.25) is 4.79 Å². The Kier molecular flexibility index (Phi) is 4.15. The first-order valence-electron chi connectivity index (χ1n) is 5.79. The molecule has 1 atom stereocenters. The van der Waals surface area contributed by atoms with Crippen LogP contribution in [0, 0.1) is 0 Å². The van der Waals surface area contributed by atoms with Gasteiger partial charge in [-0.15, -0.1) is 10.2 Å². The van der Waals surface area contributed by atoms with Crippen molar-refractivity contribution in [3.8, 4) is 0 Å². The van der Waals surface area contributed by atoms with Gasteiger partial charge in [-0.25, -0.2) is 0 Å². The lowest BCUT2D eigenvalue weighted by molar-refractivity contribution is 0.0938. The predicted octanol–water partition coefficient (Wildman–Crippen LogP) is 2.20. The number of aryl methyl sites for hydroxylation is 1. The van der Waals surface area contributed by atoms with Gasteiger partial charge in [-0.05, 0) is 19.1 Å². The molecule has 0 radical (unpaired) electrons. The van der Waals surface area contributed by atoms with Gasteiger partial charge >= 0.3 is 0 Å². The van der Waals surface area contributed by atoms with E-state index in [1.165, 1.54) is 12.1 Å². The van der Waals surface area contributed by atoms with Crippen LogP contribution in [0.25, 0.3) is 0 Å². The van der Waals surface area contributed by atoms with Gasteiger partial charge in [-0.2, -0.15) is 0 Å². The Morgan fingerprint density at radius 3 is 2.50 bits per heavy atom. The number of anilines is 1. The Morgan fingerprint density at radius 2 is 2.00 bits per heavy atom. The van der Waals surface area contributed by atoms with Crippen molar-refractivity contribution < 1.29 is 4.79 Å². The molecular weight excluding hydrogens is 301 g/mol. The monoisotopic (exact) mass is 313 g/mol. The number of hydrogen-bond donors (Lipinski definition) is 2. The summed E-state index contributed by atoms with van der Waals surface area (Å²) in [6, 6.07) is 2.65. The second-order valence-electron chi connectivity index (χ2n) is 4.35. The van der Waals surface area contributed by atoms with E-state index in [2.05, 4.69) is 15.5 Å². The zero-order chi connectivity index (χ0) is 14.9. The third kappa shape index (κ3) is 2.86. The molecule has 1 unspecified atom stereocenters. The van der Waals surface area contributed by atoms with Crippen molar-refractivity contribution in [2.24, 2.45) is 7.05 Å². The van der Waals surface area contributed by atoms with Gasteiger partial charge in [0.1, 0.15) is 6.33 Å². The number of nitrogen functional groups attached to an aromatic ring is 1. The summed E-state index contributed by atoms with van der Waals surface area (Å²) in [6.45, 7) is 1.81. The molecule has 3 N–H and O–H groups in total. The molecule has 2 rings (SSSR count). The van der Waals surface area contributed by atoms with Crippen LogP contribution in [-0.4, -0.2) is 20.7 Å². The Labute approximate surface area is 125 Å². The average molecular weight is 314 g/mol. The van der Waals surface area contributed by atoms with E-state index in [9.17, 15) is 4.79 Å². The molecular formula is C12H13Cl2N5O. The standard InChI is InChI=1S/C12H13Cl2N5O/c1-6(11-18-16-5-19(11)2)17-12(20)7-3-8(13)10(15)9(14)4-7/h3-6H,15H2,1-2H3,(H,17,20). The van der Waals surface area contributed by atoms with Crippen LogP contribution in [0.1, 0.15) is 29.1 Å². The molecule has 0 saturated carbocycles. The third-order valence-electron chi connectivity index (χ3n) is 2.82. The molecule has 106 valence electrons. The summed E-state index contributed by atoms with van der Waals surface area (Å²) in [7, 11) is 1.80. The predicted molar refractivity (Wildman–Crippen MR) is 77.8 cm³/mol. The van der Waals surface area contributed by atoms with E-state index in [-0.39, 0.29) is 27.7 Å². The van der Waals surface area contributed by atoms with E-state index in [0.29, 0.717) is 11.4 Å². The van der Waals surface area contributed by atoms with E-state index in [4.69, 9.17) is 28.9 Å². The highest BCUT2D eigenvalue weighted by Gasteiger charge is 2.17. The Hall–Kier alpha value is -1.79. The zero-order valence-electron chi connectivity index (χ0n) is 10.9. The van der Waals surface area contributed by atoms with Crippen molar-refractivity contribution in [1.29, 1.82) is 0 Å². The topological polar surface area (TPSA) is 85.8 Å². The molecule has 1 aromatic carbocycles. The normalized spacial score (nSPS) is 12.2. The number of aromatic nitrogens is 3. The summed E-state index contributed by atoms with van der Waals surface area (Å²) in [5, 5.41) is 11.0. The summed E-state index contributed by atoms with van der Waals surface area (Å²) < 4.78 is 1.73. The minimum Gasteiger partial charge on any atom is -0.396 e. The van der Waals surface area contributed by atoms with Crippen LogP contribution in [0.3, 0.4) is 0 Å². The van der Waals surface area contributed by atoms with Crippen molar-refractivity contribution in [3.05, 3.63) is 39.9 Å². The SMILES string of the molecule is CC(NC(=O)c1cc(Cl)c(N)c(Cl)c1)c1nncn1C. The van der Waals surface area contributed by atoms with Gasteiger partial charge in [-0.1, -0.05) is 23.2 Å². The molecule has 1 aromatic heterocycles. The van der Waals surface area contributed by atoms with Crippen LogP contribution < -0.4 is 11.1 Å². The number of carbonyl (C=O) groups is 1. The number of nitrogens with zero attached hydrogens (tertiary/aromatic N) is 3. The van der Waals surface area contributed by atoms with Crippen molar-refractivity contribution >= 4 is 34.8 Å². The fourth-order valence-electron chi connectivity index (χ4n) is 1.74. The van der Waals surface area contributed by atoms with Crippen LogP contribution in [0.2, 0.25) is 10.0 Å². The Balaban J connectivity index is 2.19. The fraction of sp³-hybridized carbons (Fsp3) is 0.250. The average Bonchev–Trinajstić information content (AvgIpc) is 2.81. The quantitative estimate of drug-likeness (QED) is 0.850. The van der Waals surface area contributed by atoms with Crippen molar-refractivity contribution in [2.75, 3.05) is 5.73 Å². The second kappa shape index (κ2) is 5.68. The fourth-order valence-corrected chi connectivity index (χ4v) is 2.23. The van der Waals surface area contributed by atoms with E-state index in [1.54, 1.807) is 17.9 Å². The lowest BCUT2D eigenvalue weighted by Crippen LogP contribution is -2.28. The molecule has 2 aromatic rings. The second-order valence-corrected chi connectivity index (χ2v) is 5.16. The third-order valence-corrected chi connectivity index (χ3v) is 3.45. The van der Waals surface area contributed by atoms with Gasteiger partial charge in [0.15, 0.2) is 5.82 Å². The molecule has 0 aliphatic carbocycles. The first kappa shape index (κ1) is 14.6. The molecule has 0 spiro atoms. The number of nitrogens with two attached hydrogens (primary N) is 1. The minimum atomic E-state index is -0.315. The maximum absolute atomic E-state index is 12.2. The van der Waals surface area contributed by atoms with Gasteiger partial charge in [0, 0.05) is 12.6 Å². The molecule has 0 fully saturated rings. The molecule has 20 heavy (non-hydrogen) atoms. The van der Waals surface area contributed by atoms with Crippen molar-refractivity contribution in [1.82, 2.24) is 20.1 Å². The lowest BCUT2D eigenvalue weighted by atomic mass is 10.1. The van der Waals surface area contributed by atoms with Gasteiger partial charge in [0.05, 0.1) is 21.8 Å². The van der Waals surface area contributed by atoms with Crippen LogP contribution in [-0.2, 0) is 7.05 Å². The van der Waals surface area contributed by atoms with Crippen LogP contribution >= 0.6 is 23.2 Å². The molecule has 1 heterocycles. The molecule has 6 nitrogen and oxygen atoms in total. The lowest BCUT2D eigenvalue weighted by Gasteiger charge is -2.13. The van der Waals surface area contributed by atoms with Crippen LogP contribution in [0.4, 0.5) is 5.69 Å².